The molecule has 0 bridgehead atoms. The monoisotopic (exact) mass is 127 g/mol. The Labute approximate surface area is 54.8 Å². The molecule has 1 aliphatic heterocycles. The molecule has 0 spiro atoms. The molecule has 2 heteroatoms. The van der Waals surface area contributed by atoms with Gasteiger partial charge in [0, 0.05) is 19.1 Å². The van der Waals surface area contributed by atoms with Crippen LogP contribution in [0, 0.1) is 12.5 Å². The van der Waals surface area contributed by atoms with Gasteiger partial charge in [0.15, 0.2) is 0 Å². The van der Waals surface area contributed by atoms with E-state index in [-0.39, 0.29) is 0 Å². The molecule has 1 aliphatic rings. The number of likely N-dealkylation sites (tertiary alicyclic amines) is 1. The first kappa shape index (κ1) is 6.41. The van der Waals surface area contributed by atoms with Gasteiger partial charge in [0.05, 0.1) is 0 Å². The summed E-state index contributed by atoms with van der Waals surface area (Å²) in [5.74, 6) is 0. The molecular weight excluding hydrogens is 117 g/mol. The van der Waals surface area contributed by atoms with Crippen molar-refractivity contribution in [3.63, 3.8) is 0 Å². The quantitative estimate of drug-likeness (QED) is 0.439. The summed E-state index contributed by atoms with van der Waals surface area (Å²) in [6.07, 6.45) is 5.69. The predicted molar refractivity (Wildman–Crippen MR) is 34.5 cm³/mol. The van der Waals surface area contributed by atoms with Crippen LogP contribution in [0.5, 0.6) is 0 Å². The van der Waals surface area contributed by atoms with Crippen molar-refractivity contribution < 1.29 is 4.39 Å². The van der Waals surface area contributed by atoms with Crippen LogP contribution in [0.2, 0.25) is 0 Å². The first-order chi connectivity index (χ1) is 4.33. The molecule has 1 fully saturated rings. The normalized spacial score (nSPS) is 21.6. The first-order valence-electron chi connectivity index (χ1n) is 3.18. The zero-order chi connectivity index (χ0) is 6.69. The lowest BCUT2D eigenvalue weighted by atomic mass is 10.1. The number of rotatable bonds is 0. The van der Waals surface area contributed by atoms with Crippen LogP contribution in [-0.4, -0.2) is 24.2 Å². The van der Waals surface area contributed by atoms with E-state index in [1.54, 1.807) is 0 Å². The summed E-state index contributed by atoms with van der Waals surface area (Å²) in [6.45, 7) is 1.44. The predicted octanol–water partition coefficient (Wildman–Crippen LogP) is 1.01. The molecule has 1 heterocycles. The fourth-order valence-corrected chi connectivity index (χ4v) is 0.977. The Hall–Kier alpha value is -0.710. The Morgan fingerprint density at radius 3 is 2.44 bits per heavy atom. The molecule has 0 aromatic rings. The topological polar surface area (TPSA) is 3.24 Å². The van der Waals surface area contributed by atoms with Gasteiger partial charge in [-0.2, -0.15) is 0 Å². The second-order valence-corrected chi connectivity index (χ2v) is 2.29. The highest BCUT2D eigenvalue weighted by Gasteiger charge is 2.15. The van der Waals surface area contributed by atoms with Crippen LogP contribution in [0.1, 0.15) is 12.8 Å². The van der Waals surface area contributed by atoms with Gasteiger partial charge >= 0.3 is 0 Å². The van der Waals surface area contributed by atoms with Gasteiger partial charge in [0.25, 0.3) is 0 Å². The molecule has 50 valence electrons. The van der Waals surface area contributed by atoms with Crippen molar-refractivity contribution in [2.45, 2.75) is 19.0 Å². The van der Waals surface area contributed by atoms with E-state index in [1.807, 2.05) is 4.90 Å². The zero-order valence-electron chi connectivity index (χ0n) is 5.31. The maximum atomic E-state index is 12.4. The summed E-state index contributed by atoms with van der Waals surface area (Å²) in [6, 6.07) is 2.49. The molecule has 0 aliphatic carbocycles. The second kappa shape index (κ2) is 2.72. The average molecular weight is 127 g/mol. The van der Waals surface area contributed by atoms with E-state index in [1.165, 1.54) is 0 Å². The number of halogens is 1. The van der Waals surface area contributed by atoms with E-state index < -0.39 is 6.17 Å². The Bertz CT molecular complexity index is 119. The summed E-state index contributed by atoms with van der Waals surface area (Å²) in [7, 11) is 0. The van der Waals surface area contributed by atoms with Crippen molar-refractivity contribution >= 4 is 0 Å². The number of hydrogen-bond acceptors (Lipinski definition) is 1. The molecule has 9 heavy (non-hydrogen) atoms. The van der Waals surface area contributed by atoms with Gasteiger partial charge in [-0.3, -0.25) is 0 Å². The molecule has 0 amide bonds. The van der Waals surface area contributed by atoms with Gasteiger partial charge in [-0.05, 0) is 12.8 Å². The van der Waals surface area contributed by atoms with Gasteiger partial charge in [0.1, 0.15) is 6.17 Å². The number of nitrogens with zero attached hydrogens (tertiary/aromatic N) is 1. The Morgan fingerprint density at radius 2 is 2.00 bits per heavy atom. The fourth-order valence-electron chi connectivity index (χ4n) is 0.977. The Morgan fingerprint density at radius 1 is 1.44 bits per heavy atom. The summed E-state index contributed by atoms with van der Waals surface area (Å²) in [5, 5.41) is 0. The number of piperidine rings is 1. The maximum Gasteiger partial charge on any atom is 0.104 e. The van der Waals surface area contributed by atoms with Crippen LogP contribution in [0.15, 0.2) is 0 Å². The van der Waals surface area contributed by atoms with E-state index >= 15 is 0 Å². The molecule has 0 N–H and O–H groups in total. The summed E-state index contributed by atoms with van der Waals surface area (Å²) >= 11 is 0. The van der Waals surface area contributed by atoms with E-state index in [9.17, 15) is 4.39 Å². The number of hydrogen-bond donors (Lipinski definition) is 0. The third-order valence-electron chi connectivity index (χ3n) is 1.61. The molecular formula is C7H10FN. The highest BCUT2D eigenvalue weighted by atomic mass is 19.1. The van der Waals surface area contributed by atoms with Crippen LogP contribution in [0.25, 0.3) is 0 Å². The fraction of sp³-hybridized carbons (Fsp3) is 0.714. The minimum Gasteiger partial charge on any atom is -0.333 e. The van der Waals surface area contributed by atoms with E-state index in [0.717, 1.165) is 13.1 Å². The number of terminal acetylenes is 1. The third-order valence-corrected chi connectivity index (χ3v) is 1.61. The molecule has 0 saturated carbocycles. The van der Waals surface area contributed by atoms with Crippen molar-refractivity contribution in [3.05, 3.63) is 0 Å². The van der Waals surface area contributed by atoms with E-state index in [2.05, 4.69) is 6.04 Å². The average Bonchev–Trinajstić information content (AvgIpc) is 1.90. The number of alkyl halides is 1. The lowest BCUT2D eigenvalue weighted by Crippen LogP contribution is -2.30. The minimum atomic E-state index is -0.616. The van der Waals surface area contributed by atoms with E-state index in [0.29, 0.717) is 12.8 Å². The molecule has 0 atom stereocenters. The smallest absolute Gasteiger partial charge is 0.104 e. The lowest BCUT2D eigenvalue weighted by Gasteiger charge is -2.24. The van der Waals surface area contributed by atoms with Crippen molar-refractivity contribution in [1.29, 1.82) is 0 Å². The highest BCUT2D eigenvalue weighted by molar-refractivity contribution is 4.88. The molecule has 0 radical (unpaired) electrons. The van der Waals surface area contributed by atoms with Gasteiger partial charge in [-0.15, -0.1) is 0 Å². The molecule has 1 saturated heterocycles. The van der Waals surface area contributed by atoms with Gasteiger partial charge < -0.3 is 4.90 Å². The van der Waals surface area contributed by atoms with E-state index in [4.69, 9.17) is 6.42 Å². The minimum absolute atomic E-state index is 0.601. The maximum absolute atomic E-state index is 12.4. The molecule has 0 aromatic carbocycles. The first-order valence-corrected chi connectivity index (χ1v) is 3.18. The van der Waals surface area contributed by atoms with Gasteiger partial charge in [-0.1, -0.05) is 6.42 Å². The molecule has 0 aromatic heterocycles. The largest absolute Gasteiger partial charge is 0.333 e. The van der Waals surface area contributed by atoms with Gasteiger partial charge in [-0.25, -0.2) is 4.39 Å². The summed E-state index contributed by atoms with van der Waals surface area (Å²) < 4.78 is 12.4. The van der Waals surface area contributed by atoms with Crippen LogP contribution < -0.4 is 0 Å². The standard InChI is InChI=1S/C7H10FN/c1-2-9-5-3-7(8)4-6-9/h1,7H,3-6H2. The Kier molecular flexibility index (Phi) is 1.94. The third kappa shape index (κ3) is 1.60. The Balaban J connectivity index is 2.28. The lowest BCUT2D eigenvalue weighted by molar-refractivity contribution is 0.197. The van der Waals surface area contributed by atoms with Crippen LogP contribution >= 0.6 is 0 Å². The summed E-state index contributed by atoms with van der Waals surface area (Å²) in [4.78, 5) is 1.82. The van der Waals surface area contributed by atoms with Gasteiger partial charge in [0.2, 0.25) is 0 Å². The van der Waals surface area contributed by atoms with Crippen molar-refractivity contribution in [1.82, 2.24) is 4.90 Å². The van der Waals surface area contributed by atoms with Crippen LogP contribution in [-0.2, 0) is 0 Å². The molecule has 1 rings (SSSR count). The van der Waals surface area contributed by atoms with Crippen LogP contribution in [0.3, 0.4) is 0 Å². The zero-order valence-corrected chi connectivity index (χ0v) is 5.31. The molecule has 1 nitrogen and oxygen atoms in total. The SMILES string of the molecule is C#CN1CCC(F)CC1. The second-order valence-electron chi connectivity index (χ2n) is 2.29. The molecule has 0 unspecified atom stereocenters. The van der Waals surface area contributed by atoms with Crippen molar-refractivity contribution in [3.8, 4) is 12.5 Å². The summed E-state index contributed by atoms with van der Waals surface area (Å²) in [5.41, 5.74) is 0. The highest BCUT2D eigenvalue weighted by Crippen LogP contribution is 2.11. The van der Waals surface area contributed by atoms with Crippen molar-refractivity contribution in [2.24, 2.45) is 0 Å². The van der Waals surface area contributed by atoms with Crippen molar-refractivity contribution in [2.75, 3.05) is 13.1 Å². The van der Waals surface area contributed by atoms with Crippen LogP contribution in [0.4, 0.5) is 4.39 Å².